The molecule has 6 unspecified atom stereocenters. The maximum Gasteiger partial charge on any atom is 0.135 e. The van der Waals surface area contributed by atoms with E-state index in [1.54, 1.807) is 0 Å². The van der Waals surface area contributed by atoms with Gasteiger partial charge in [0.15, 0.2) is 0 Å². The summed E-state index contributed by atoms with van der Waals surface area (Å²) >= 11 is 0. The van der Waals surface area contributed by atoms with Crippen LogP contribution >= 0.6 is 0 Å². The molecule has 5 nitrogen and oxygen atoms in total. The van der Waals surface area contributed by atoms with Crippen molar-refractivity contribution in [2.24, 2.45) is 33.5 Å². The minimum absolute atomic E-state index is 0. The molecule has 3 heterocycles. The number of hydrogen-bond donors (Lipinski definition) is 0. The van der Waals surface area contributed by atoms with E-state index in [0.717, 1.165) is 39.0 Å². The summed E-state index contributed by atoms with van der Waals surface area (Å²) in [5.74, 6) is 3.29. The molecule has 1 aliphatic heterocycles. The zero-order valence-electron chi connectivity index (χ0n) is 49.2. The number of nitrogens with zero attached hydrogens (tertiary/aromatic N) is 4. The Morgan fingerprint density at radius 1 is 0.593 bits per heavy atom. The van der Waals surface area contributed by atoms with E-state index >= 15 is 0 Å². The van der Waals surface area contributed by atoms with E-state index in [1.807, 2.05) is 6.20 Å². The molecular formula is C75H77N4OPt-3. The molecular weight excluding hydrogens is 1170 g/mol. The van der Waals surface area contributed by atoms with Crippen molar-refractivity contribution < 1.29 is 25.8 Å². The molecule has 4 bridgehead atoms. The van der Waals surface area contributed by atoms with Crippen LogP contribution in [0.25, 0.3) is 27.6 Å². The fourth-order valence-corrected chi connectivity index (χ4v) is 18.0. The third kappa shape index (κ3) is 7.22. The van der Waals surface area contributed by atoms with Gasteiger partial charge in [-0.3, -0.25) is 0 Å². The zero-order valence-corrected chi connectivity index (χ0v) is 51.5. The monoisotopic (exact) mass is 1240 g/mol. The van der Waals surface area contributed by atoms with E-state index in [9.17, 15) is 0 Å². The minimum atomic E-state index is -0.232. The Kier molecular flexibility index (Phi) is 12.5. The van der Waals surface area contributed by atoms with Crippen LogP contribution < -0.4 is 14.5 Å². The first-order valence-electron chi connectivity index (χ1n) is 29.8. The maximum absolute atomic E-state index is 7.06. The number of rotatable bonds is 10. The Balaban J connectivity index is 0.00000618. The molecule has 6 atom stereocenters. The third-order valence-electron chi connectivity index (χ3n) is 22.3. The van der Waals surface area contributed by atoms with Gasteiger partial charge in [0.2, 0.25) is 0 Å². The summed E-state index contributed by atoms with van der Waals surface area (Å²) in [5, 5.41) is 2.26. The molecule has 7 aromatic carbocycles. The van der Waals surface area contributed by atoms with Crippen molar-refractivity contribution in [3.63, 3.8) is 0 Å². The number of anilines is 4. The summed E-state index contributed by atoms with van der Waals surface area (Å²) in [6.07, 6.45) is 9.23. The molecule has 0 saturated heterocycles. The summed E-state index contributed by atoms with van der Waals surface area (Å²) in [5.41, 5.74) is 14.6. The van der Waals surface area contributed by atoms with E-state index in [-0.39, 0.29) is 64.9 Å². The van der Waals surface area contributed by atoms with Gasteiger partial charge in [0, 0.05) is 72.2 Å². The number of pyridine rings is 1. The Labute approximate surface area is 496 Å². The van der Waals surface area contributed by atoms with E-state index in [4.69, 9.17) is 9.72 Å². The quantitative estimate of drug-likeness (QED) is 0.128. The van der Waals surface area contributed by atoms with Crippen molar-refractivity contribution in [1.29, 1.82) is 0 Å². The normalized spacial score (nSPS) is 26.0. The van der Waals surface area contributed by atoms with Crippen LogP contribution in [0.3, 0.4) is 0 Å². The second-order valence-electron chi connectivity index (χ2n) is 27.4. The molecule has 6 heteroatoms. The zero-order chi connectivity index (χ0) is 55.4. The molecule has 0 radical (unpaired) electrons. The molecule has 4 aliphatic carbocycles. The van der Waals surface area contributed by atoms with E-state index in [1.165, 1.54) is 83.3 Å². The molecule has 5 aliphatic rings. The number of hydrogen-bond acceptors (Lipinski definition) is 4. The van der Waals surface area contributed by atoms with Gasteiger partial charge in [-0.25, -0.2) is 4.98 Å². The van der Waals surface area contributed by atoms with Gasteiger partial charge in [-0.2, -0.15) is 6.07 Å². The van der Waals surface area contributed by atoms with Gasteiger partial charge < -0.3 is 19.1 Å². The minimum Gasteiger partial charge on any atom is -0.509 e. The molecule has 81 heavy (non-hydrogen) atoms. The van der Waals surface area contributed by atoms with Crippen molar-refractivity contribution >= 4 is 44.6 Å². The summed E-state index contributed by atoms with van der Waals surface area (Å²) in [4.78, 5) is 10.0. The Morgan fingerprint density at radius 2 is 1.16 bits per heavy atom. The van der Waals surface area contributed by atoms with Gasteiger partial charge in [-0.1, -0.05) is 204 Å². The van der Waals surface area contributed by atoms with Crippen LogP contribution in [-0.2, 0) is 37.3 Å². The van der Waals surface area contributed by atoms with Crippen LogP contribution in [0.1, 0.15) is 154 Å². The number of benzene rings is 7. The van der Waals surface area contributed by atoms with Crippen LogP contribution in [0, 0.1) is 52.3 Å². The van der Waals surface area contributed by atoms with Crippen molar-refractivity contribution in [1.82, 2.24) is 9.55 Å². The van der Waals surface area contributed by atoms with Crippen LogP contribution in [0.5, 0.6) is 11.5 Å². The average Bonchev–Trinajstić information content (AvgIpc) is 3.15. The molecule has 2 aromatic heterocycles. The molecule has 14 rings (SSSR count). The Morgan fingerprint density at radius 3 is 1.73 bits per heavy atom. The first kappa shape index (κ1) is 53.9. The number of para-hydroxylation sites is 4. The molecule has 0 spiro atoms. The van der Waals surface area contributed by atoms with Crippen molar-refractivity contribution in [2.75, 3.05) is 9.80 Å². The van der Waals surface area contributed by atoms with Gasteiger partial charge in [0.1, 0.15) is 5.82 Å². The standard InChI is InChI=1S/C75H77N4O.Pt/c1-49(2)50-43-54(46-56(44-50)80-55-37-38-58-57-29-18-19-32-61(57)79(64(58)47-55)67-45-53(39-42-76-67)69(3,4)5)77-48-78(63-34-21-20-33-62(63)77)68-59(74(51-25-14-12-15-26-51)65-35-23-40-72(74,10)70(65,6)7)30-22-31-60(68)75(52-27-16-13-17-28-52)66-36-24-41-73(75,11)71(66,8)9;/h12-22,25-34,37-39,42-45,48-49,65-66H,23-24,35-36,40-41H2,1-11H3;/q-3;. The largest absolute Gasteiger partial charge is 0.509 e. The second-order valence-corrected chi connectivity index (χ2v) is 27.4. The number of fused-ring (bicyclic) bond motifs is 8. The van der Waals surface area contributed by atoms with Crippen LogP contribution in [0.15, 0.2) is 170 Å². The SMILES string of the molecule is CC(C)c1cc(Oc2[c-]c3c(cc2)c2ccccc2n3-c2cc(C(C)(C)C)ccn2)[c-]c(N2[CH-]N(c3c(C4(c5ccccc5)C5CCCC4(C)C5(C)C)cccc3C3(c4ccccc4)C4CCCC3(C)C4(C)C)c3ccccc32)c1.[Pt]. The molecule has 4 saturated carbocycles. The topological polar surface area (TPSA) is 33.5 Å². The van der Waals surface area contributed by atoms with Gasteiger partial charge >= 0.3 is 0 Å². The summed E-state index contributed by atoms with van der Waals surface area (Å²) < 4.78 is 9.30. The smallest absolute Gasteiger partial charge is 0.135 e. The van der Waals surface area contributed by atoms with Crippen LogP contribution in [-0.4, -0.2) is 9.55 Å². The van der Waals surface area contributed by atoms with Crippen LogP contribution in [0.2, 0.25) is 0 Å². The summed E-state index contributed by atoms with van der Waals surface area (Å²) in [7, 11) is 0. The fraction of sp³-hybridized carbons (Fsp3) is 0.360. The average molecular weight is 1250 g/mol. The van der Waals surface area contributed by atoms with Gasteiger partial charge in [0.05, 0.1) is 0 Å². The van der Waals surface area contributed by atoms with Crippen molar-refractivity contribution in [3.8, 4) is 17.3 Å². The molecule has 9 aromatic rings. The fourth-order valence-electron chi connectivity index (χ4n) is 18.0. The van der Waals surface area contributed by atoms with E-state index in [2.05, 4.69) is 273 Å². The predicted molar refractivity (Wildman–Crippen MR) is 330 cm³/mol. The van der Waals surface area contributed by atoms with Crippen LogP contribution in [0.4, 0.5) is 22.7 Å². The predicted octanol–water partition coefficient (Wildman–Crippen LogP) is 19.7. The third-order valence-corrected chi connectivity index (χ3v) is 22.3. The van der Waals surface area contributed by atoms with Gasteiger partial charge in [0.25, 0.3) is 0 Å². The number of aromatic nitrogens is 2. The Hall–Kier alpha value is -6.42. The van der Waals surface area contributed by atoms with Gasteiger partial charge in [-0.05, 0) is 134 Å². The van der Waals surface area contributed by atoms with Gasteiger partial charge in [-0.15, -0.1) is 53.6 Å². The summed E-state index contributed by atoms with van der Waals surface area (Å²) in [6.45, 7) is 29.4. The molecule has 0 N–H and O–H groups in total. The van der Waals surface area contributed by atoms with E-state index < -0.39 is 0 Å². The molecule has 416 valence electrons. The van der Waals surface area contributed by atoms with E-state index in [0.29, 0.717) is 23.3 Å². The van der Waals surface area contributed by atoms with Crippen molar-refractivity contribution in [3.05, 3.63) is 222 Å². The number of ether oxygens (including phenoxy) is 1. The molecule has 0 amide bonds. The molecule has 4 fully saturated rings. The first-order chi connectivity index (χ1) is 38.4. The first-order valence-corrected chi connectivity index (χ1v) is 29.8. The second kappa shape index (κ2) is 18.8. The Bertz CT molecular complexity index is 3800. The van der Waals surface area contributed by atoms with Crippen molar-refractivity contribution in [2.45, 2.75) is 137 Å². The summed E-state index contributed by atoms with van der Waals surface area (Å²) in [6, 6.07) is 69.5. The maximum atomic E-state index is 7.06.